The Balaban J connectivity index is 2.77. The van der Waals surface area contributed by atoms with Gasteiger partial charge in [-0.1, -0.05) is 12.1 Å². The Morgan fingerprint density at radius 1 is 1.52 bits per heavy atom. The molecule has 0 atom stereocenters. The average Bonchev–Trinajstić information content (AvgIpc) is 2.95. The highest BCUT2D eigenvalue weighted by molar-refractivity contribution is 6.05. The summed E-state index contributed by atoms with van der Waals surface area (Å²) in [6, 6.07) is 1.28. The van der Waals surface area contributed by atoms with Gasteiger partial charge in [0.05, 0.1) is 12.0 Å². The van der Waals surface area contributed by atoms with Crippen molar-refractivity contribution < 1.29 is 24.1 Å². The molecule has 0 saturated heterocycles. The number of nitrogens with zero attached hydrogens (tertiary/aromatic N) is 3. The largest absolute Gasteiger partial charge is 0.499 e. The van der Waals surface area contributed by atoms with E-state index in [1.54, 1.807) is 0 Å². The second-order valence-corrected chi connectivity index (χ2v) is 4.77. The number of methoxy groups -OCH3 is 1. The van der Waals surface area contributed by atoms with Crippen LogP contribution >= 0.6 is 0 Å². The molecule has 9 nitrogen and oxygen atoms in total. The molecule has 0 unspecified atom stereocenters. The minimum absolute atomic E-state index is 0.0278. The second kappa shape index (κ2) is 6.42. The Morgan fingerprint density at radius 3 is 2.74 bits per heavy atom. The van der Waals surface area contributed by atoms with E-state index in [9.17, 15) is 20.0 Å². The molecular formula is C14H15N3O6. The van der Waals surface area contributed by atoms with Crippen LogP contribution in [0.15, 0.2) is 10.6 Å². The van der Waals surface area contributed by atoms with Crippen LogP contribution in [0.2, 0.25) is 0 Å². The Bertz CT molecular complexity index is 768. The van der Waals surface area contributed by atoms with Crippen LogP contribution in [0.4, 0.5) is 5.69 Å². The van der Waals surface area contributed by atoms with E-state index in [2.05, 4.69) is 10.1 Å². The lowest BCUT2D eigenvalue weighted by molar-refractivity contribution is -0.386. The summed E-state index contributed by atoms with van der Waals surface area (Å²) in [4.78, 5) is 26.5. The normalized spacial score (nSPS) is 10.6. The number of ketones is 1. The highest BCUT2D eigenvalue weighted by Gasteiger charge is 2.32. The van der Waals surface area contributed by atoms with Crippen LogP contribution in [0.1, 0.15) is 36.5 Å². The maximum Gasteiger partial charge on any atom is 0.326 e. The number of phenols is 1. The first-order valence-corrected chi connectivity index (χ1v) is 6.82. The number of aromatic hydroxyl groups is 1. The highest BCUT2D eigenvalue weighted by atomic mass is 16.6. The molecule has 0 aliphatic heterocycles. The van der Waals surface area contributed by atoms with Gasteiger partial charge in [0.2, 0.25) is 17.5 Å². The Kier molecular flexibility index (Phi) is 4.58. The molecule has 23 heavy (non-hydrogen) atoms. The summed E-state index contributed by atoms with van der Waals surface area (Å²) in [6.07, 6.45) is 1.32. The molecule has 1 aromatic carbocycles. The molecule has 0 spiro atoms. The number of nitro benzene ring substituents is 1. The zero-order valence-corrected chi connectivity index (χ0v) is 12.8. The number of phenolic OH excluding ortho intramolecular Hbond substituents is 1. The summed E-state index contributed by atoms with van der Waals surface area (Å²) in [5.74, 6) is -1.10. The van der Waals surface area contributed by atoms with Crippen molar-refractivity contribution in [1.82, 2.24) is 10.1 Å². The van der Waals surface area contributed by atoms with Crippen LogP contribution in [-0.2, 0) is 6.42 Å². The number of carbonyl (C=O) groups is 1. The molecule has 0 aliphatic rings. The molecule has 1 N–H and O–H groups in total. The van der Waals surface area contributed by atoms with Crippen LogP contribution in [0.25, 0.3) is 11.4 Å². The van der Waals surface area contributed by atoms with Crippen molar-refractivity contribution in [2.75, 3.05) is 7.11 Å². The number of hydrogen-bond donors (Lipinski definition) is 1. The average molecular weight is 321 g/mol. The number of ether oxygens (including phenoxy) is 1. The first-order valence-electron chi connectivity index (χ1n) is 6.82. The molecule has 2 rings (SSSR count). The van der Waals surface area contributed by atoms with Gasteiger partial charge >= 0.3 is 5.69 Å². The van der Waals surface area contributed by atoms with Gasteiger partial charge in [-0.3, -0.25) is 14.9 Å². The van der Waals surface area contributed by atoms with Gasteiger partial charge in [0.1, 0.15) is 5.56 Å². The molecular weight excluding hydrogens is 306 g/mol. The Morgan fingerprint density at radius 2 is 2.22 bits per heavy atom. The van der Waals surface area contributed by atoms with Gasteiger partial charge in [-0.05, 0) is 19.4 Å². The fraction of sp³-hybridized carbons (Fsp3) is 0.357. The van der Waals surface area contributed by atoms with E-state index in [0.29, 0.717) is 12.3 Å². The molecule has 0 fully saturated rings. The Labute approximate surface area is 131 Å². The third-order valence-electron chi connectivity index (χ3n) is 3.17. The zero-order chi connectivity index (χ0) is 17.1. The molecule has 9 heteroatoms. The molecule has 0 saturated carbocycles. The van der Waals surface area contributed by atoms with Crippen molar-refractivity contribution >= 4 is 11.5 Å². The smallest absolute Gasteiger partial charge is 0.326 e. The van der Waals surface area contributed by atoms with Gasteiger partial charge in [-0.25, -0.2) is 0 Å². The molecule has 1 heterocycles. The van der Waals surface area contributed by atoms with Crippen molar-refractivity contribution in [2.24, 2.45) is 0 Å². The maximum atomic E-state index is 11.9. The van der Waals surface area contributed by atoms with Crippen molar-refractivity contribution in [2.45, 2.75) is 26.7 Å². The number of rotatable bonds is 6. The number of aromatic nitrogens is 2. The summed E-state index contributed by atoms with van der Waals surface area (Å²) >= 11 is 0. The van der Waals surface area contributed by atoms with Crippen molar-refractivity contribution in [3.05, 3.63) is 27.6 Å². The summed E-state index contributed by atoms with van der Waals surface area (Å²) in [5, 5.41) is 25.0. The molecule has 2 aromatic rings. The lowest BCUT2D eigenvalue weighted by atomic mass is 10.00. The van der Waals surface area contributed by atoms with E-state index >= 15 is 0 Å². The number of nitro groups is 1. The fourth-order valence-electron chi connectivity index (χ4n) is 2.18. The first kappa shape index (κ1) is 16.4. The standard InChI is InChI=1S/C14H15N3O6/c1-4-5-10-15-14(16-23-10)8-6-9(22-3)13(19)12(17(20)21)11(8)7(2)18/h6,19H,4-5H2,1-3H3. The molecule has 0 amide bonds. The number of benzene rings is 1. The van der Waals surface area contributed by atoms with E-state index in [0.717, 1.165) is 13.3 Å². The van der Waals surface area contributed by atoms with Crippen LogP contribution in [0, 0.1) is 10.1 Å². The van der Waals surface area contributed by atoms with E-state index in [1.807, 2.05) is 6.92 Å². The fourth-order valence-corrected chi connectivity index (χ4v) is 2.18. The summed E-state index contributed by atoms with van der Waals surface area (Å²) in [7, 11) is 1.24. The van der Waals surface area contributed by atoms with E-state index < -0.39 is 22.1 Å². The first-order chi connectivity index (χ1) is 10.9. The van der Waals surface area contributed by atoms with Crippen molar-refractivity contribution in [1.29, 1.82) is 0 Å². The van der Waals surface area contributed by atoms with Crippen LogP contribution in [0.5, 0.6) is 11.5 Å². The van der Waals surface area contributed by atoms with Gasteiger partial charge < -0.3 is 14.4 Å². The molecule has 1 aromatic heterocycles. The van der Waals surface area contributed by atoms with Crippen molar-refractivity contribution in [3.63, 3.8) is 0 Å². The predicted molar refractivity (Wildman–Crippen MR) is 78.6 cm³/mol. The van der Waals surface area contributed by atoms with Crippen LogP contribution in [-0.4, -0.2) is 33.1 Å². The quantitative estimate of drug-likeness (QED) is 0.488. The van der Waals surface area contributed by atoms with Gasteiger partial charge in [-0.15, -0.1) is 0 Å². The van der Waals surface area contributed by atoms with E-state index in [4.69, 9.17) is 9.26 Å². The van der Waals surface area contributed by atoms with Crippen LogP contribution in [0.3, 0.4) is 0 Å². The minimum Gasteiger partial charge on any atom is -0.499 e. The van der Waals surface area contributed by atoms with E-state index in [-0.39, 0.29) is 22.7 Å². The summed E-state index contributed by atoms with van der Waals surface area (Å²) in [6.45, 7) is 3.09. The van der Waals surface area contributed by atoms with Crippen LogP contribution < -0.4 is 4.74 Å². The summed E-state index contributed by atoms with van der Waals surface area (Å²) < 4.78 is 9.99. The van der Waals surface area contributed by atoms with Crippen molar-refractivity contribution in [3.8, 4) is 22.9 Å². The third-order valence-corrected chi connectivity index (χ3v) is 3.17. The molecule has 122 valence electrons. The Hall–Kier alpha value is -2.97. The van der Waals surface area contributed by atoms with Gasteiger partial charge in [0, 0.05) is 12.0 Å². The summed E-state index contributed by atoms with van der Waals surface area (Å²) in [5.41, 5.74) is -0.962. The SMILES string of the molecule is CCCc1nc(-c2cc(OC)c(O)c([N+](=O)[O-])c2C(C)=O)no1. The predicted octanol–water partition coefficient (Wildman–Crippen LogP) is 2.51. The molecule has 0 radical (unpaired) electrons. The van der Waals surface area contributed by atoms with Gasteiger partial charge in [0.15, 0.2) is 11.5 Å². The monoisotopic (exact) mass is 321 g/mol. The highest BCUT2D eigenvalue weighted by Crippen LogP contribution is 2.43. The third kappa shape index (κ3) is 2.98. The topological polar surface area (TPSA) is 129 Å². The molecule has 0 aliphatic carbocycles. The van der Waals surface area contributed by atoms with Gasteiger partial charge in [0.25, 0.3) is 0 Å². The number of Topliss-reactive ketones (excluding diaryl/α,β-unsaturated/α-hetero) is 1. The zero-order valence-electron chi connectivity index (χ0n) is 12.8. The number of aryl methyl sites for hydroxylation is 1. The number of hydrogen-bond acceptors (Lipinski definition) is 8. The molecule has 0 bridgehead atoms. The van der Waals surface area contributed by atoms with E-state index in [1.165, 1.54) is 13.2 Å². The minimum atomic E-state index is -0.842. The lowest BCUT2D eigenvalue weighted by Crippen LogP contribution is -2.05. The lowest BCUT2D eigenvalue weighted by Gasteiger charge is -2.10. The maximum absolute atomic E-state index is 11.9. The number of carbonyl (C=O) groups excluding carboxylic acids is 1. The van der Waals surface area contributed by atoms with Gasteiger partial charge in [-0.2, -0.15) is 4.98 Å². The second-order valence-electron chi connectivity index (χ2n) is 4.77.